The van der Waals surface area contributed by atoms with Crippen LogP contribution in [0.5, 0.6) is 0 Å². The number of amides is 2. The summed E-state index contributed by atoms with van der Waals surface area (Å²) in [5.74, 6) is -0.205. The van der Waals surface area contributed by atoms with Crippen LogP contribution in [-0.4, -0.2) is 49.4 Å². The van der Waals surface area contributed by atoms with Crippen molar-refractivity contribution in [1.82, 2.24) is 10.2 Å². The number of rotatable bonds is 6. The molecule has 0 saturated carbocycles. The molecular weight excluding hydrogens is 353 g/mol. The molecule has 138 valence electrons. The molecule has 0 spiro atoms. The zero-order valence-corrected chi connectivity index (χ0v) is 15.3. The third kappa shape index (κ3) is 4.82. The first-order chi connectivity index (χ1) is 12.6. The maximum atomic E-state index is 13.0. The number of thiophene rings is 1. The monoisotopic (exact) mass is 375 g/mol. The number of hydrogen-bond donors (Lipinski definition) is 1. The van der Waals surface area contributed by atoms with Gasteiger partial charge in [-0.1, -0.05) is 6.07 Å². The number of piperazine rings is 1. The van der Waals surface area contributed by atoms with Crippen molar-refractivity contribution in [2.45, 2.75) is 12.8 Å². The number of halogens is 1. The van der Waals surface area contributed by atoms with Crippen molar-refractivity contribution in [2.75, 3.05) is 37.6 Å². The standard InChI is InChI=1S/C19H22FN3O2S/c20-15-5-7-16(8-6-15)22-10-12-23(13-11-22)18(24)4-1-9-21-19(25)17-3-2-14-26-17/h2-3,5-8,14H,1,4,9-13H2,(H,21,25). The molecule has 1 aliphatic heterocycles. The van der Waals surface area contributed by atoms with Crippen molar-refractivity contribution >= 4 is 28.8 Å². The van der Waals surface area contributed by atoms with Gasteiger partial charge in [-0.25, -0.2) is 4.39 Å². The van der Waals surface area contributed by atoms with E-state index in [4.69, 9.17) is 0 Å². The SMILES string of the molecule is O=C(NCCCC(=O)N1CCN(c2ccc(F)cc2)CC1)c1cccs1. The summed E-state index contributed by atoms with van der Waals surface area (Å²) in [5, 5.41) is 4.70. The third-order valence-electron chi connectivity index (χ3n) is 4.42. The lowest BCUT2D eigenvalue weighted by Gasteiger charge is -2.36. The Bertz CT molecular complexity index is 726. The second-order valence-electron chi connectivity index (χ2n) is 6.18. The highest BCUT2D eigenvalue weighted by atomic mass is 32.1. The van der Waals surface area contributed by atoms with Crippen molar-refractivity contribution in [1.29, 1.82) is 0 Å². The van der Waals surface area contributed by atoms with Gasteiger partial charge in [-0.3, -0.25) is 9.59 Å². The lowest BCUT2D eigenvalue weighted by molar-refractivity contribution is -0.131. The minimum Gasteiger partial charge on any atom is -0.368 e. The first-order valence-electron chi connectivity index (χ1n) is 8.73. The number of nitrogens with zero attached hydrogens (tertiary/aromatic N) is 2. The van der Waals surface area contributed by atoms with E-state index in [0.717, 1.165) is 18.8 Å². The lowest BCUT2D eigenvalue weighted by Crippen LogP contribution is -2.48. The van der Waals surface area contributed by atoms with Gasteiger partial charge in [0, 0.05) is 44.8 Å². The van der Waals surface area contributed by atoms with Crippen LogP contribution in [0, 0.1) is 5.82 Å². The molecule has 0 radical (unpaired) electrons. The number of hydrogen-bond acceptors (Lipinski definition) is 4. The maximum Gasteiger partial charge on any atom is 0.261 e. The van der Waals surface area contributed by atoms with Gasteiger partial charge in [-0.05, 0) is 42.1 Å². The van der Waals surface area contributed by atoms with E-state index in [1.165, 1.54) is 23.5 Å². The Balaban J connectivity index is 1.36. The molecule has 0 bridgehead atoms. The van der Waals surface area contributed by atoms with Crippen LogP contribution in [0.2, 0.25) is 0 Å². The molecule has 0 unspecified atom stereocenters. The van der Waals surface area contributed by atoms with Crippen molar-refractivity contribution < 1.29 is 14.0 Å². The predicted octanol–water partition coefficient (Wildman–Crippen LogP) is 2.75. The normalized spacial score (nSPS) is 14.3. The Morgan fingerprint density at radius 1 is 1.08 bits per heavy atom. The minimum atomic E-state index is -0.242. The quantitative estimate of drug-likeness (QED) is 0.790. The number of carbonyl (C=O) groups is 2. The summed E-state index contributed by atoms with van der Waals surface area (Å²) >= 11 is 1.40. The van der Waals surface area contributed by atoms with Crippen LogP contribution >= 0.6 is 11.3 Å². The average Bonchev–Trinajstić information content (AvgIpc) is 3.20. The van der Waals surface area contributed by atoms with Crippen molar-refractivity contribution in [3.05, 3.63) is 52.5 Å². The topological polar surface area (TPSA) is 52.7 Å². The van der Waals surface area contributed by atoms with E-state index >= 15 is 0 Å². The summed E-state index contributed by atoms with van der Waals surface area (Å²) in [6, 6.07) is 10.1. The van der Waals surface area contributed by atoms with E-state index < -0.39 is 0 Å². The first kappa shape index (κ1) is 18.4. The van der Waals surface area contributed by atoms with Gasteiger partial charge >= 0.3 is 0 Å². The molecule has 0 atom stereocenters. The molecule has 1 saturated heterocycles. The van der Waals surface area contributed by atoms with E-state index in [2.05, 4.69) is 10.2 Å². The summed E-state index contributed by atoms with van der Waals surface area (Å²) in [6.07, 6.45) is 1.06. The van der Waals surface area contributed by atoms with Gasteiger partial charge in [0.2, 0.25) is 5.91 Å². The molecule has 2 heterocycles. The van der Waals surface area contributed by atoms with Gasteiger partial charge in [0.25, 0.3) is 5.91 Å². The van der Waals surface area contributed by atoms with Crippen LogP contribution < -0.4 is 10.2 Å². The van der Waals surface area contributed by atoms with Gasteiger partial charge < -0.3 is 15.1 Å². The van der Waals surface area contributed by atoms with Crippen molar-refractivity contribution in [3.63, 3.8) is 0 Å². The zero-order chi connectivity index (χ0) is 18.4. The van der Waals surface area contributed by atoms with E-state index in [9.17, 15) is 14.0 Å². The molecule has 1 N–H and O–H groups in total. The highest BCUT2D eigenvalue weighted by Gasteiger charge is 2.21. The summed E-state index contributed by atoms with van der Waals surface area (Å²) in [6.45, 7) is 3.31. The summed E-state index contributed by atoms with van der Waals surface area (Å²) < 4.78 is 13.0. The molecule has 2 aromatic rings. The molecule has 26 heavy (non-hydrogen) atoms. The fourth-order valence-corrected chi connectivity index (χ4v) is 3.60. The summed E-state index contributed by atoms with van der Waals surface area (Å²) in [5.41, 5.74) is 0.981. The predicted molar refractivity (Wildman–Crippen MR) is 101 cm³/mol. The van der Waals surface area contributed by atoms with Crippen LogP contribution in [-0.2, 0) is 4.79 Å². The number of carbonyl (C=O) groups excluding carboxylic acids is 2. The maximum absolute atomic E-state index is 13.0. The Hall–Kier alpha value is -2.41. The second-order valence-corrected chi connectivity index (χ2v) is 7.13. The molecule has 5 nitrogen and oxygen atoms in total. The first-order valence-corrected chi connectivity index (χ1v) is 9.61. The van der Waals surface area contributed by atoms with Gasteiger partial charge in [0.15, 0.2) is 0 Å². The highest BCUT2D eigenvalue weighted by Crippen LogP contribution is 2.17. The van der Waals surface area contributed by atoms with E-state index in [1.54, 1.807) is 18.2 Å². The average molecular weight is 375 g/mol. The Morgan fingerprint density at radius 2 is 1.81 bits per heavy atom. The Labute approximate surface area is 156 Å². The lowest BCUT2D eigenvalue weighted by atomic mass is 10.2. The Morgan fingerprint density at radius 3 is 2.46 bits per heavy atom. The van der Waals surface area contributed by atoms with Crippen LogP contribution in [0.1, 0.15) is 22.5 Å². The van der Waals surface area contributed by atoms with E-state index in [1.807, 2.05) is 16.3 Å². The largest absolute Gasteiger partial charge is 0.368 e. The summed E-state index contributed by atoms with van der Waals surface area (Å²) in [7, 11) is 0. The molecule has 1 fully saturated rings. The molecule has 1 aromatic carbocycles. The number of anilines is 1. The fourth-order valence-electron chi connectivity index (χ4n) is 2.96. The highest BCUT2D eigenvalue weighted by molar-refractivity contribution is 7.12. The smallest absolute Gasteiger partial charge is 0.261 e. The van der Waals surface area contributed by atoms with Crippen LogP contribution in [0.25, 0.3) is 0 Å². The molecule has 2 amide bonds. The second kappa shape index (κ2) is 8.80. The van der Waals surface area contributed by atoms with E-state index in [-0.39, 0.29) is 17.6 Å². The zero-order valence-electron chi connectivity index (χ0n) is 14.5. The van der Waals surface area contributed by atoms with Crippen LogP contribution in [0.15, 0.2) is 41.8 Å². The molecule has 0 aliphatic carbocycles. The molecule has 1 aromatic heterocycles. The Kier molecular flexibility index (Phi) is 6.22. The van der Waals surface area contributed by atoms with Gasteiger partial charge in [0.1, 0.15) is 5.82 Å². The van der Waals surface area contributed by atoms with E-state index in [0.29, 0.717) is 37.4 Å². The van der Waals surface area contributed by atoms with Gasteiger partial charge in [-0.15, -0.1) is 11.3 Å². The third-order valence-corrected chi connectivity index (χ3v) is 5.29. The van der Waals surface area contributed by atoms with Crippen LogP contribution in [0.4, 0.5) is 10.1 Å². The van der Waals surface area contributed by atoms with Gasteiger partial charge in [0.05, 0.1) is 4.88 Å². The van der Waals surface area contributed by atoms with Crippen molar-refractivity contribution in [3.8, 4) is 0 Å². The molecule has 3 rings (SSSR count). The minimum absolute atomic E-state index is 0.0830. The molecule has 1 aliphatic rings. The molecular formula is C19H22FN3O2S. The fraction of sp³-hybridized carbons (Fsp3) is 0.368. The number of nitrogens with one attached hydrogen (secondary N) is 1. The van der Waals surface area contributed by atoms with Crippen molar-refractivity contribution in [2.24, 2.45) is 0 Å². The van der Waals surface area contributed by atoms with Gasteiger partial charge in [-0.2, -0.15) is 0 Å². The van der Waals surface area contributed by atoms with Crippen LogP contribution in [0.3, 0.4) is 0 Å². The summed E-state index contributed by atoms with van der Waals surface area (Å²) in [4.78, 5) is 28.8. The molecule has 7 heteroatoms. The number of benzene rings is 1.